The molecule has 2 rings (SSSR count). The van der Waals surface area contributed by atoms with E-state index in [1.807, 2.05) is 18.2 Å². The minimum absolute atomic E-state index is 0.162. The first kappa shape index (κ1) is 14.0. The molecule has 5 nitrogen and oxygen atoms in total. The smallest absolute Gasteiger partial charge is 0.214 e. The highest BCUT2D eigenvalue weighted by Crippen LogP contribution is 2.18. The van der Waals surface area contributed by atoms with E-state index in [9.17, 15) is 0 Å². The molecule has 2 heterocycles. The second-order valence-electron chi connectivity index (χ2n) is 4.64. The van der Waals surface area contributed by atoms with Gasteiger partial charge in [-0.3, -0.25) is 4.90 Å². The zero-order valence-corrected chi connectivity index (χ0v) is 12.2. The quantitative estimate of drug-likeness (QED) is 0.827. The number of rotatable bonds is 4. The maximum Gasteiger partial charge on any atom is 0.214 e. The van der Waals surface area contributed by atoms with Gasteiger partial charge in [0.25, 0.3) is 0 Å². The van der Waals surface area contributed by atoms with Crippen molar-refractivity contribution in [2.24, 2.45) is 5.73 Å². The topological polar surface area (TPSA) is 54.6 Å². The average molecular weight is 280 g/mol. The van der Waals surface area contributed by atoms with Crippen molar-refractivity contribution in [1.82, 2.24) is 9.88 Å². The van der Waals surface area contributed by atoms with Crippen molar-refractivity contribution in [1.29, 1.82) is 0 Å². The lowest BCUT2D eigenvalue weighted by atomic mass is 10.2. The van der Waals surface area contributed by atoms with E-state index in [0.29, 0.717) is 10.9 Å². The molecule has 0 spiro atoms. The Morgan fingerprint density at radius 3 is 2.63 bits per heavy atom. The SMILES string of the molecule is COc1cccc(N2CCN(C(C)C(N)=S)CC2)n1. The molecule has 1 aromatic heterocycles. The molecule has 1 aromatic rings. The zero-order chi connectivity index (χ0) is 13.8. The maximum absolute atomic E-state index is 5.70. The Hall–Kier alpha value is -1.40. The van der Waals surface area contributed by atoms with Gasteiger partial charge in [-0.25, -0.2) is 0 Å². The first-order chi connectivity index (χ1) is 9.11. The van der Waals surface area contributed by atoms with E-state index >= 15 is 0 Å². The fraction of sp³-hybridized carbons (Fsp3) is 0.538. The van der Waals surface area contributed by atoms with E-state index in [1.165, 1.54) is 0 Å². The van der Waals surface area contributed by atoms with Crippen molar-refractivity contribution >= 4 is 23.0 Å². The molecule has 0 saturated carbocycles. The van der Waals surface area contributed by atoms with Crippen LogP contribution in [0.3, 0.4) is 0 Å². The highest BCUT2D eigenvalue weighted by atomic mass is 32.1. The van der Waals surface area contributed by atoms with Gasteiger partial charge in [-0.1, -0.05) is 18.3 Å². The minimum atomic E-state index is 0.162. The van der Waals surface area contributed by atoms with E-state index in [-0.39, 0.29) is 6.04 Å². The van der Waals surface area contributed by atoms with Gasteiger partial charge < -0.3 is 15.4 Å². The number of hydrogen-bond donors (Lipinski definition) is 1. The number of methoxy groups -OCH3 is 1. The van der Waals surface area contributed by atoms with E-state index in [1.54, 1.807) is 7.11 Å². The number of pyridine rings is 1. The van der Waals surface area contributed by atoms with Crippen LogP contribution in [0.4, 0.5) is 5.82 Å². The van der Waals surface area contributed by atoms with Crippen molar-refractivity contribution in [2.75, 3.05) is 38.2 Å². The molecular weight excluding hydrogens is 260 g/mol. The van der Waals surface area contributed by atoms with Crippen LogP contribution in [0.5, 0.6) is 5.88 Å². The summed E-state index contributed by atoms with van der Waals surface area (Å²) < 4.78 is 5.15. The molecule has 104 valence electrons. The zero-order valence-electron chi connectivity index (χ0n) is 11.4. The number of aromatic nitrogens is 1. The Balaban J connectivity index is 1.97. The molecular formula is C13H20N4OS. The highest BCUT2D eigenvalue weighted by molar-refractivity contribution is 7.80. The van der Waals surface area contributed by atoms with Crippen LogP contribution >= 0.6 is 12.2 Å². The largest absolute Gasteiger partial charge is 0.481 e. The van der Waals surface area contributed by atoms with Crippen LogP contribution in [0.2, 0.25) is 0 Å². The van der Waals surface area contributed by atoms with Crippen molar-refractivity contribution in [3.8, 4) is 5.88 Å². The Morgan fingerprint density at radius 1 is 1.37 bits per heavy atom. The number of ether oxygens (including phenoxy) is 1. The third-order valence-electron chi connectivity index (χ3n) is 3.52. The molecule has 1 aliphatic heterocycles. The number of anilines is 1. The summed E-state index contributed by atoms with van der Waals surface area (Å²) in [7, 11) is 1.63. The monoisotopic (exact) mass is 280 g/mol. The third-order valence-corrected chi connectivity index (χ3v) is 3.86. The molecule has 0 radical (unpaired) electrons. The predicted octanol–water partition coefficient (Wildman–Crippen LogP) is 0.887. The fourth-order valence-corrected chi connectivity index (χ4v) is 2.36. The van der Waals surface area contributed by atoms with Gasteiger partial charge in [-0.15, -0.1) is 0 Å². The van der Waals surface area contributed by atoms with Gasteiger partial charge >= 0.3 is 0 Å². The van der Waals surface area contributed by atoms with Gasteiger partial charge in [0, 0.05) is 32.2 Å². The number of thiocarbonyl (C=S) groups is 1. The Bertz CT molecular complexity index is 446. The summed E-state index contributed by atoms with van der Waals surface area (Å²) in [4.78, 5) is 9.58. The summed E-state index contributed by atoms with van der Waals surface area (Å²) in [5, 5.41) is 0. The van der Waals surface area contributed by atoms with Crippen LogP contribution in [0.1, 0.15) is 6.92 Å². The summed E-state index contributed by atoms with van der Waals surface area (Å²) in [6.45, 7) is 5.79. The Kier molecular flexibility index (Phi) is 4.55. The molecule has 1 unspecified atom stereocenters. The van der Waals surface area contributed by atoms with E-state index in [2.05, 4.69) is 21.7 Å². The second kappa shape index (κ2) is 6.16. The molecule has 0 bridgehead atoms. The lowest BCUT2D eigenvalue weighted by molar-refractivity contribution is 0.238. The number of nitrogens with zero attached hydrogens (tertiary/aromatic N) is 3. The van der Waals surface area contributed by atoms with Gasteiger partial charge in [0.15, 0.2) is 0 Å². The first-order valence-electron chi connectivity index (χ1n) is 6.41. The fourth-order valence-electron chi connectivity index (χ4n) is 2.21. The molecule has 1 atom stereocenters. The molecule has 1 saturated heterocycles. The summed E-state index contributed by atoms with van der Waals surface area (Å²) in [5.74, 6) is 1.61. The number of hydrogen-bond acceptors (Lipinski definition) is 5. The van der Waals surface area contributed by atoms with Crippen molar-refractivity contribution in [2.45, 2.75) is 13.0 Å². The standard InChI is InChI=1S/C13H20N4OS/c1-10(13(14)19)16-6-8-17(9-7-16)11-4-3-5-12(15-11)18-2/h3-5,10H,6-9H2,1-2H3,(H2,14,19). The summed E-state index contributed by atoms with van der Waals surface area (Å²) in [6.07, 6.45) is 0. The normalized spacial score (nSPS) is 18.1. The van der Waals surface area contributed by atoms with Crippen molar-refractivity contribution in [3.63, 3.8) is 0 Å². The van der Waals surface area contributed by atoms with Crippen LogP contribution in [-0.4, -0.2) is 54.2 Å². The van der Waals surface area contributed by atoms with E-state index < -0.39 is 0 Å². The van der Waals surface area contributed by atoms with Crippen LogP contribution in [0, 0.1) is 0 Å². The summed E-state index contributed by atoms with van der Waals surface area (Å²) in [5.41, 5.74) is 5.70. The molecule has 2 N–H and O–H groups in total. The van der Waals surface area contributed by atoms with Crippen molar-refractivity contribution < 1.29 is 4.74 Å². The van der Waals surface area contributed by atoms with Crippen LogP contribution < -0.4 is 15.4 Å². The Labute approximate surface area is 119 Å². The number of piperazine rings is 1. The van der Waals surface area contributed by atoms with E-state index in [4.69, 9.17) is 22.7 Å². The molecule has 1 fully saturated rings. The van der Waals surface area contributed by atoms with Gasteiger partial charge in [0.05, 0.1) is 18.1 Å². The molecule has 0 amide bonds. The molecule has 6 heteroatoms. The second-order valence-corrected chi connectivity index (χ2v) is 5.11. The number of nitrogens with two attached hydrogens (primary N) is 1. The lowest BCUT2D eigenvalue weighted by Gasteiger charge is -2.38. The van der Waals surface area contributed by atoms with E-state index in [0.717, 1.165) is 32.0 Å². The third kappa shape index (κ3) is 3.33. The molecule has 0 aromatic carbocycles. The lowest BCUT2D eigenvalue weighted by Crippen LogP contribution is -2.52. The summed E-state index contributed by atoms with van der Waals surface area (Å²) >= 11 is 5.05. The van der Waals surface area contributed by atoms with Crippen molar-refractivity contribution in [3.05, 3.63) is 18.2 Å². The highest BCUT2D eigenvalue weighted by Gasteiger charge is 2.23. The molecule has 1 aliphatic rings. The van der Waals surface area contributed by atoms with Gasteiger partial charge in [-0.2, -0.15) is 4.98 Å². The Morgan fingerprint density at radius 2 is 2.05 bits per heavy atom. The van der Waals surface area contributed by atoms with Gasteiger partial charge in [0.2, 0.25) is 5.88 Å². The van der Waals surface area contributed by atoms with Gasteiger partial charge in [0.1, 0.15) is 5.82 Å². The van der Waals surface area contributed by atoms with Gasteiger partial charge in [-0.05, 0) is 13.0 Å². The minimum Gasteiger partial charge on any atom is -0.481 e. The van der Waals surface area contributed by atoms with Crippen LogP contribution in [0.15, 0.2) is 18.2 Å². The predicted molar refractivity (Wildman–Crippen MR) is 80.8 cm³/mol. The molecule has 19 heavy (non-hydrogen) atoms. The first-order valence-corrected chi connectivity index (χ1v) is 6.82. The molecule has 0 aliphatic carbocycles. The maximum atomic E-state index is 5.70. The average Bonchev–Trinajstić information content (AvgIpc) is 2.46. The van der Waals surface area contributed by atoms with Crippen LogP contribution in [-0.2, 0) is 0 Å². The summed E-state index contributed by atoms with van der Waals surface area (Å²) in [6, 6.07) is 5.99. The van der Waals surface area contributed by atoms with Crippen LogP contribution in [0.25, 0.3) is 0 Å².